The lowest BCUT2D eigenvalue weighted by Crippen LogP contribution is -2.24. The zero-order valence-electron chi connectivity index (χ0n) is 16.1. The van der Waals surface area contributed by atoms with E-state index in [0.29, 0.717) is 11.4 Å². The number of carbonyl (C=O) groups excluding carboxylic acids is 1. The quantitative estimate of drug-likeness (QED) is 0.590. The molecule has 0 aliphatic heterocycles. The van der Waals surface area contributed by atoms with E-state index >= 15 is 0 Å². The van der Waals surface area contributed by atoms with Gasteiger partial charge in [0.1, 0.15) is 29.0 Å². The first-order chi connectivity index (χ1) is 14.3. The third kappa shape index (κ3) is 4.14. The number of aromatic nitrogens is 3. The molecule has 1 aliphatic carbocycles. The van der Waals surface area contributed by atoms with Crippen LogP contribution in [0.5, 0.6) is 5.75 Å². The van der Waals surface area contributed by atoms with Crippen LogP contribution in [-0.4, -0.2) is 20.3 Å². The van der Waals surface area contributed by atoms with Gasteiger partial charge in [-0.05, 0) is 38.0 Å². The Morgan fingerprint density at radius 2 is 2.03 bits per heavy atom. The molecule has 0 unspecified atom stereocenters. The lowest BCUT2D eigenvalue weighted by atomic mass is 10.2. The van der Waals surface area contributed by atoms with Gasteiger partial charge in [0.2, 0.25) is 5.91 Å². The fourth-order valence-electron chi connectivity index (χ4n) is 3.06. The highest BCUT2D eigenvalue weighted by Gasteiger charge is 2.31. The summed E-state index contributed by atoms with van der Waals surface area (Å²) < 4.78 is 35.0. The molecule has 0 spiro atoms. The van der Waals surface area contributed by atoms with Crippen molar-refractivity contribution in [3.05, 3.63) is 80.5 Å². The molecule has 0 saturated heterocycles. The molecule has 2 heterocycles. The van der Waals surface area contributed by atoms with E-state index in [1.807, 2.05) is 0 Å². The Balaban J connectivity index is 1.52. The van der Waals surface area contributed by atoms with Gasteiger partial charge in [0.05, 0.1) is 12.2 Å². The van der Waals surface area contributed by atoms with Crippen molar-refractivity contribution in [3.63, 3.8) is 0 Å². The van der Waals surface area contributed by atoms with Crippen LogP contribution >= 0.6 is 11.6 Å². The highest BCUT2D eigenvalue weighted by atomic mass is 35.5. The van der Waals surface area contributed by atoms with Gasteiger partial charge in [0.15, 0.2) is 0 Å². The fourth-order valence-corrected chi connectivity index (χ4v) is 3.27. The molecule has 9 heteroatoms. The van der Waals surface area contributed by atoms with Crippen LogP contribution in [0, 0.1) is 24.5 Å². The van der Waals surface area contributed by atoms with Crippen LogP contribution in [0.2, 0.25) is 5.02 Å². The first-order valence-electron chi connectivity index (χ1n) is 9.39. The Labute approximate surface area is 175 Å². The summed E-state index contributed by atoms with van der Waals surface area (Å²) in [6.45, 7) is 1.64. The molecule has 0 atom stereocenters. The van der Waals surface area contributed by atoms with Crippen molar-refractivity contribution in [2.75, 3.05) is 0 Å². The average Bonchev–Trinajstić information content (AvgIpc) is 3.46. The summed E-state index contributed by atoms with van der Waals surface area (Å²) in [7, 11) is 0. The number of nitrogens with zero attached hydrogens (tertiary/aromatic N) is 3. The van der Waals surface area contributed by atoms with E-state index in [4.69, 9.17) is 16.3 Å². The van der Waals surface area contributed by atoms with Crippen LogP contribution in [0.3, 0.4) is 0 Å². The predicted molar refractivity (Wildman–Crippen MR) is 106 cm³/mol. The minimum Gasteiger partial charge on any atom is -0.487 e. The molecular formula is C21H18ClF2N3O3. The minimum atomic E-state index is -0.743. The molecule has 0 bridgehead atoms. The summed E-state index contributed by atoms with van der Waals surface area (Å²) >= 11 is 6.18. The standard InChI is InChI=1S/C21H18ClF2N3O3/c1-12-8-18(30-11-14-4-5-15(23)9-17(14)24)19(22)21(29)26(12)10-16-6-7-27(25-16)20(28)13-2-3-13/h4-9,13H,2-3,10-11H2,1H3. The smallest absolute Gasteiger partial charge is 0.273 e. The zero-order valence-corrected chi connectivity index (χ0v) is 16.8. The van der Waals surface area contributed by atoms with Crippen LogP contribution in [-0.2, 0) is 13.2 Å². The van der Waals surface area contributed by atoms with E-state index in [-0.39, 0.29) is 41.3 Å². The molecule has 30 heavy (non-hydrogen) atoms. The molecule has 4 rings (SSSR count). The number of halogens is 3. The van der Waals surface area contributed by atoms with Gasteiger partial charge in [-0.25, -0.2) is 13.5 Å². The second-order valence-corrected chi connectivity index (χ2v) is 7.62. The molecule has 1 aromatic carbocycles. The molecule has 3 aromatic rings. The third-order valence-electron chi connectivity index (χ3n) is 4.93. The Bertz CT molecular complexity index is 1180. The summed E-state index contributed by atoms with van der Waals surface area (Å²) in [6.07, 6.45) is 3.35. The maximum atomic E-state index is 13.8. The second kappa shape index (κ2) is 8.02. The van der Waals surface area contributed by atoms with Crippen molar-refractivity contribution in [2.45, 2.75) is 32.9 Å². The molecule has 0 radical (unpaired) electrons. The summed E-state index contributed by atoms with van der Waals surface area (Å²) in [5, 5.41) is 4.10. The van der Waals surface area contributed by atoms with E-state index in [2.05, 4.69) is 5.10 Å². The van der Waals surface area contributed by atoms with Gasteiger partial charge in [0, 0.05) is 35.5 Å². The largest absolute Gasteiger partial charge is 0.487 e. The first-order valence-corrected chi connectivity index (χ1v) is 9.76. The highest BCUT2D eigenvalue weighted by molar-refractivity contribution is 6.31. The Morgan fingerprint density at radius 1 is 1.27 bits per heavy atom. The van der Waals surface area contributed by atoms with Crippen LogP contribution in [0.4, 0.5) is 8.78 Å². The van der Waals surface area contributed by atoms with Gasteiger partial charge in [0.25, 0.3) is 5.56 Å². The van der Waals surface area contributed by atoms with Crippen molar-refractivity contribution < 1.29 is 18.3 Å². The van der Waals surface area contributed by atoms with Crippen molar-refractivity contribution >= 4 is 17.5 Å². The Morgan fingerprint density at radius 3 is 2.73 bits per heavy atom. The average molecular weight is 434 g/mol. The van der Waals surface area contributed by atoms with Gasteiger partial charge in [-0.15, -0.1) is 0 Å². The van der Waals surface area contributed by atoms with E-state index in [9.17, 15) is 18.4 Å². The van der Waals surface area contributed by atoms with Crippen molar-refractivity contribution in [2.24, 2.45) is 5.92 Å². The second-order valence-electron chi connectivity index (χ2n) is 7.24. The minimum absolute atomic E-state index is 0.0408. The first kappa shape index (κ1) is 20.3. The molecule has 1 fully saturated rings. The predicted octanol–water partition coefficient (Wildman–Crippen LogP) is 3.96. The molecule has 0 N–H and O–H groups in total. The van der Waals surface area contributed by atoms with E-state index in [1.165, 1.54) is 15.3 Å². The maximum absolute atomic E-state index is 13.8. The van der Waals surface area contributed by atoms with Crippen LogP contribution in [0.1, 0.15) is 34.6 Å². The summed E-state index contributed by atoms with van der Waals surface area (Å²) in [4.78, 5) is 24.8. The topological polar surface area (TPSA) is 66.1 Å². The summed E-state index contributed by atoms with van der Waals surface area (Å²) in [5.41, 5.74) is 0.754. The number of hydrogen-bond acceptors (Lipinski definition) is 4. The number of benzene rings is 1. The lowest BCUT2D eigenvalue weighted by molar-refractivity contribution is 0.0869. The van der Waals surface area contributed by atoms with Gasteiger partial charge in [-0.3, -0.25) is 9.59 Å². The molecule has 6 nitrogen and oxygen atoms in total. The SMILES string of the molecule is Cc1cc(OCc2ccc(F)cc2F)c(Cl)c(=O)n1Cc1ccn(C(=O)C2CC2)n1. The summed E-state index contributed by atoms with van der Waals surface area (Å²) in [5.74, 6) is -1.32. The normalized spacial score (nSPS) is 13.5. The van der Waals surface area contributed by atoms with Gasteiger partial charge in [-0.1, -0.05) is 11.6 Å². The number of rotatable bonds is 6. The monoisotopic (exact) mass is 433 g/mol. The zero-order chi connectivity index (χ0) is 21.4. The van der Waals surface area contributed by atoms with Gasteiger partial charge >= 0.3 is 0 Å². The number of ether oxygens (including phenoxy) is 1. The lowest BCUT2D eigenvalue weighted by Gasteiger charge is -2.14. The number of pyridine rings is 1. The van der Waals surface area contributed by atoms with Crippen LogP contribution < -0.4 is 10.3 Å². The van der Waals surface area contributed by atoms with E-state index in [1.54, 1.807) is 25.3 Å². The van der Waals surface area contributed by atoms with Crippen molar-refractivity contribution in [1.82, 2.24) is 14.3 Å². The van der Waals surface area contributed by atoms with Crippen LogP contribution in [0.15, 0.2) is 41.3 Å². The molecule has 1 saturated carbocycles. The van der Waals surface area contributed by atoms with Gasteiger partial charge in [-0.2, -0.15) is 5.10 Å². The van der Waals surface area contributed by atoms with Crippen molar-refractivity contribution in [3.8, 4) is 5.75 Å². The maximum Gasteiger partial charge on any atom is 0.273 e. The molecular weight excluding hydrogens is 416 g/mol. The fraction of sp³-hybridized carbons (Fsp3) is 0.286. The molecule has 156 valence electrons. The molecule has 1 aliphatic rings. The van der Waals surface area contributed by atoms with Crippen molar-refractivity contribution in [1.29, 1.82) is 0 Å². The number of carbonyl (C=O) groups is 1. The van der Waals surface area contributed by atoms with E-state index < -0.39 is 17.2 Å². The number of aryl methyl sites for hydroxylation is 1. The molecule has 2 aromatic heterocycles. The number of hydrogen-bond donors (Lipinski definition) is 0. The Hall–Kier alpha value is -3.00. The molecule has 0 amide bonds. The van der Waals surface area contributed by atoms with Gasteiger partial charge < -0.3 is 9.30 Å². The third-order valence-corrected chi connectivity index (χ3v) is 5.28. The van der Waals surface area contributed by atoms with E-state index in [0.717, 1.165) is 25.0 Å². The Kier molecular flexibility index (Phi) is 5.42. The van der Waals surface area contributed by atoms with Crippen LogP contribution in [0.25, 0.3) is 0 Å². The summed E-state index contributed by atoms with van der Waals surface area (Å²) in [6, 6.07) is 6.40. The highest BCUT2D eigenvalue weighted by Crippen LogP contribution is 2.30.